The first kappa shape index (κ1) is 15.1. The van der Waals surface area contributed by atoms with Gasteiger partial charge in [0.15, 0.2) is 0 Å². The first-order valence-electron chi connectivity index (χ1n) is 6.89. The molecule has 0 bridgehead atoms. The van der Waals surface area contributed by atoms with E-state index in [0.717, 1.165) is 12.8 Å². The van der Waals surface area contributed by atoms with Crippen LogP contribution in [0.1, 0.15) is 32.1 Å². The summed E-state index contributed by atoms with van der Waals surface area (Å²) in [5, 5.41) is 11.9. The van der Waals surface area contributed by atoms with E-state index in [9.17, 15) is 18.0 Å². The van der Waals surface area contributed by atoms with Gasteiger partial charge >= 0.3 is 12.0 Å². The molecule has 1 unspecified atom stereocenters. The summed E-state index contributed by atoms with van der Waals surface area (Å²) in [6.45, 7) is 0.438. The maximum atomic E-state index is 12.1. The molecule has 2 saturated heterocycles. The van der Waals surface area contributed by atoms with Crippen LogP contribution in [0.3, 0.4) is 0 Å². The van der Waals surface area contributed by atoms with E-state index in [1.807, 2.05) is 0 Å². The molecule has 0 aliphatic carbocycles. The summed E-state index contributed by atoms with van der Waals surface area (Å²) in [6.07, 6.45) is 2.89. The minimum atomic E-state index is -2.96. The Hall–Kier alpha value is -1.31. The first-order chi connectivity index (χ1) is 9.39. The second-order valence-corrected chi connectivity index (χ2v) is 7.72. The topological polar surface area (TPSA) is 104 Å². The zero-order chi connectivity index (χ0) is 14.8. The van der Waals surface area contributed by atoms with Gasteiger partial charge in [0.25, 0.3) is 0 Å². The molecule has 20 heavy (non-hydrogen) atoms. The highest BCUT2D eigenvalue weighted by Crippen LogP contribution is 2.18. The minimum absolute atomic E-state index is 0.0836. The lowest BCUT2D eigenvalue weighted by Gasteiger charge is -2.34. The van der Waals surface area contributed by atoms with Crippen molar-refractivity contribution >= 4 is 21.8 Å². The molecule has 0 saturated carbocycles. The van der Waals surface area contributed by atoms with Crippen molar-refractivity contribution < 1.29 is 23.1 Å². The van der Waals surface area contributed by atoms with Crippen molar-refractivity contribution in [1.29, 1.82) is 0 Å². The maximum absolute atomic E-state index is 12.1. The quantitative estimate of drug-likeness (QED) is 0.759. The highest BCUT2D eigenvalue weighted by Gasteiger charge is 2.33. The van der Waals surface area contributed by atoms with Crippen LogP contribution in [0.2, 0.25) is 0 Å². The van der Waals surface area contributed by atoms with Gasteiger partial charge in [0, 0.05) is 12.6 Å². The molecule has 1 atom stereocenters. The number of rotatable bonds is 2. The number of carbonyl (C=O) groups is 2. The normalized spacial score (nSPS) is 27.0. The largest absolute Gasteiger partial charge is 0.480 e. The van der Waals surface area contributed by atoms with Gasteiger partial charge in [0.1, 0.15) is 15.9 Å². The third-order valence-corrected chi connectivity index (χ3v) is 5.65. The number of nitrogens with zero attached hydrogens (tertiary/aromatic N) is 1. The molecule has 2 fully saturated rings. The summed E-state index contributed by atoms with van der Waals surface area (Å²) in [4.78, 5) is 24.6. The summed E-state index contributed by atoms with van der Waals surface area (Å²) < 4.78 is 22.6. The summed E-state index contributed by atoms with van der Waals surface area (Å²) in [6, 6.07) is -1.33. The van der Waals surface area contributed by atoms with Crippen molar-refractivity contribution in [2.75, 3.05) is 18.1 Å². The number of amides is 2. The van der Waals surface area contributed by atoms with Crippen LogP contribution in [0.15, 0.2) is 0 Å². The molecule has 8 heteroatoms. The fourth-order valence-electron chi connectivity index (χ4n) is 2.72. The van der Waals surface area contributed by atoms with Gasteiger partial charge in [0.2, 0.25) is 0 Å². The van der Waals surface area contributed by atoms with Gasteiger partial charge in [-0.3, -0.25) is 0 Å². The standard InChI is InChI=1S/C12H20N2O5S/c15-11(16)10-3-1-2-6-14(10)12(17)13-9-4-7-20(18,19)8-5-9/h9-10H,1-8H2,(H,13,17)(H,15,16). The van der Waals surface area contributed by atoms with Crippen molar-refractivity contribution in [3.05, 3.63) is 0 Å². The molecule has 2 aliphatic heterocycles. The van der Waals surface area contributed by atoms with Crippen LogP contribution in [-0.4, -0.2) is 60.6 Å². The molecule has 0 aromatic rings. The lowest BCUT2D eigenvalue weighted by Crippen LogP contribution is -2.54. The van der Waals surface area contributed by atoms with E-state index in [2.05, 4.69) is 5.32 Å². The van der Waals surface area contributed by atoms with Crippen molar-refractivity contribution in [2.24, 2.45) is 0 Å². The molecule has 0 aromatic heterocycles. The predicted molar refractivity (Wildman–Crippen MR) is 72.2 cm³/mol. The molecule has 2 rings (SSSR count). The predicted octanol–water partition coefficient (Wildman–Crippen LogP) is 0.212. The number of aliphatic carboxylic acids is 1. The molecule has 0 radical (unpaired) electrons. The van der Waals surface area contributed by atoms with Gasteiger partial charge in [-0.2, -0.15) is 0 Å². The first-order valence-corrected chi connectivity index (χ1v) is 8.71. The molecule has 2 heterocycles. The second-order valence-electron chi connectivity index (χ2n) is 5.42. The van der Waals surface area contributed by atoms with E-state index in [1.54, 1.807) is 0 Å². The van der Waals surface area contributed by atoms with Crippen LogP contribution in [0.4, 0.5) is 4.79 Å². The van der Waals surface area contributed by atoms with Gasteiger partial charge < -0.3 is 15.3 Å². The number of sulfone groups is 1. The van der Waals surface area contributed by atoms with Crippen LogP contribution in [-0.2, 0) is 14.6 Å². The summed E-state index contributed by atoms with van der Waals surface area (Å²) in [5.74, 6) is -0.813. The molecular weight excluding hydrogens is 284 g/mol. The molecular formula is C12H20N2O5S. The Morgan fingerprint density at radius 3 is 2.35 bits per heavy atom. The van der Waals surface area contributed by atoms with Crippen LogP contribution < -0.4 is 5.32 Å². The third kappa shape index (κ3) is 3.62. The number of carbonyl (C=O) groups excluding carboxylic acids is 1. The van der Waals surface area contributed by atoms with E-state index >= 15 is 0 Å². The Kier molecular flexibility index (Phi) is 4.52. The van der Waals surface area contributed by atoms with Gasteiger partial charge in [0.05, 0.1) is 11.5 Å². The van der Waals surface area contributed by atoms with Gasteiger partial charge in [-0.1, -0.05) is 0 Å². The van der Waals surface area contributed by atoms with Crippen LogP contribution in [0, 0.1) is 0 Å². The Labute approximate surface area is 118 Å². The summed E-state index contributed by atoms with van der Waals surface area (Å²) in [7, 11) is -2.96. The Balaban J connectivity index is 1.92. The zero-order valence-corrected chi connectivity index (χ0v) is 12.1. The van der Waals surface area contributed by atoms with E-state index < -0.39 is 21.8 Å². The fraction of sp³-hybridized carbons (Fsp3) is 0.833. The number of hydrogen-bond acceptors (Lipinski definition) is 4. The Morgan fingerprint density at radius 2 is 1.75 bits per heavy atom. The van der Waals surface area contributed by atoms with Crippen LogP contribution in [0.5, 0.6) is 0 Å². The van der Waals surface area contributed by atoms with E-state index in [0.29, 0.717) is 25.8 Å². The molecule has 2 aliphatic rings. The van der Waals surface area contributed by atoms with E-state index in [-0.39, 0.29) is 23.6 Å². The second kappa shape index (κ2) is 5.99. The summed E-state index contributed by atoms with van der Waals surface area (Å²) in [5.41, 5.74) is 0. The van der Waals surface area contributed by atoms with Gasteiger partial charge in [-0.15, -0.1) is 0 Å². The molecule has 2 amide bonds. The van der Waals surface area contributed by atoms with Crippen molar-refractivity contribution in [2.45, 2.75) is 44.2 Å². The average Bonchev–Trinajstić information content (AvgIpc) is 2.41. The number of piperidine rings is 1. The smallest absolute Gasteiger partial charge is 0.326 e. The van der Waals surface area contributed by atoms with Crippen LogP contribution in [0.25, 0.3) is 0 Å². The number of carboxylic acids is 1. The minimum Gasteiger partial charge on any atom is -0.480 e. The molecule has 0 spiro atoms. The number of hydrogen-bond donors (Lipinski definition) is 2. The number of likely N-dealkylation sites (tertiary alicyclic amines) is 1. The summed E-state index contributed by atoms with van der Waals surface area (Å²) >= 11 is 0. The molecule has 114 valence electrons. The Morgan fingerprint density at radius 1 is 1.10 bits per heavy atom. The monoisotopic (exact) mass is 304 g/mol. The highest BCUT2D eigenvalue weighted by molar-refractivity contribution is 7.91. The Bertz CT molecular complexity index is 476. The SMILES string of the molecule is O=C(O)C1CCCCN1C(=O)NC1CCS(=O)(=O)CC1. The number of carboxylic acid groups (broad SMARTS) is 1. The average molecular weight is 304 g/mol. The van der Waals surface area contributed by atoms with Gasteiger partial charge in [-0.25, -0.2) is 18.0 Å². The van der Waals surface area contributed by atoms with Crippen molar-refractivity contribution in [3.63, 3.8) is 0 Å². The van der Waals surface area contributed by atoms with Gasteiger partial charge in [-0.05, 0) is 32.1 Å². The maximum Gasteiger partial charge on any atom is 0.326 e. The number of nitrogens with one attached hydrogen (secondary N) is 1. The van der Waals surface area contributed by atoms with E-state index in [1.165, 1.54) is 4.90 Å². The molecule has 2 N–H and O–H groups in total. The number of urea groups is 1. The van der Waals surface area contributed by atoms with E-state index in [4.69, 9.17) is 5.11 Å². The van der Waals surface area contributed by atoms with Crippen molar-refractivity contribution in [1.82, 2.24) is 10.2 Å². The molecule has 0 aromatic carbocycles. The molecule has 7 nitrogen and oxygen atoms in total. The van der Waals surface area contributed by atoms with Crippen molar-refractivity contribution in [3.8, 4) is 0 Å². The highest BCUT2D eigenvalue weighted by atomic mass is 32.2. The fourth-order valence-corrected chi connectivity index (χ4v) is 4.21. The zero-order valence-electron chi connectivity index (χ0n) is 11.2. The van der Waals surface area contributed by atoms with Crippen LogP contribution >= 0.6 is 0 Å². The third-order valence-electron chi connectivity index (χ3n) is 3.93. The lowest BCUT2D eigenvalue weighted by molar-refractivity contribution is -0.143. The lowest BCUT2D eigenvalue weighted by atomic mass is 10.0.